The van der Waals surface area contributed by atoms with Crippen LogP contribution in [0, 0.1) is 0 Å². The van der Waals surface area contributed by atoms with Crippen LogP contribution in [0.1, 0.15) is 24.2 Å². The van der Waals surface area contributed by atoms with E-state index in [1.165, 1.54) is 12.1 Å². The van der Waals surface area contributed by atoms with Crippen LogP contribution in [0.15, 0.2) is 41.7 Å². The highest BCUT2D eigenvalue weighted by atomic mass is 127. The van der Waals surface area contributed by atoms with Gasteiger partial charge in [-0.3, -0.25) is 4.68 Å². The Kier molecular flexibility index (Phi) is 10.0. The van der Waals surface area contributed by atoms with Crippen molar-refractivity contribution in [3.8, 4) is 5.75 Å². The molecule has 1 atom stereocenters. The molecule has 7 nitrogen and oxygen atoms in total. The molecule has 0 bridgehead atoms. The van der Waals surface area contributed by atoms with E-state index in [0.29, 0.717) is 24.6 Å². The molecule has 27 heavy (non-hydrogen) atoms. The minimum atomic E-state index is -2.87. The Bertz CT molecular complexity index is 710. The number of aliphatic hydroxyl groups excluding tert-OH is 1. The van der Waals surface area contributed by atoms with Crippen LogP contribution in [0.3, 0.4) is 0 Å². The Morgan fingerprint density at radius 2 is 2.00 bits per heavy atom. The molecule has 10 heteroatoms. The van der Waals surface area contributed by atoms with Crippen LogP contribution in [-0.2, 0) is 13.6 Å². The third-order valence-electron chi connectivity index (χ3n) is 3.48. The van der Waals surface area contributed by atoms with Crippen LogP contribution in [-0.4, -0.2) is 40.5 Å². The largest absolute Gasteiger partial charge is 0.435 e. The van der Waals surface area contributed by atoms with Crippen molar-refractivity contribution >= 4 is 29.9 Å². The Labute approximate surface area is 173 Å². The van der Waals surface area contributed by atoms with Crippen LogP contribution in [0.25, 0.3) is 0 Å². The molecular formula is C17H24F2IN5O2. The Hall–Kier alpha value is -1.95. The first-order valence-electron chi connectivity index (χ1n) is 8.20. The molecule has 0 spiro atoms. The molecule has 1 aromatic carbocycles. The Balaban J connectivity index is 0.00000364. The second-order valence-corrected chi connectivity index (χ2v) is 5.56. The van der Waals surface area contributed by atoms with E-state index in [-0.39, 0.29) is 36.3 Å². The first-order chi connectivity index (χ1) is 12.5. The SMILES string of the molecule is CCNC(=NCc1cnn(C)c1)NCC(O)c1ccc(OC(F)F)cc1.I. The van der Waals surface area contributed by atoms with Crippen LogP contribution >= 0.6 is 24.0 Å². The molecule has 150 valence electrons. The number of nitrogens with one attached hydrogen (secondary N) is 2. The zero-order chi connectivity index (χ0) is 18.9. The molecule has 0 aliphatic carbocycles. The third kappa shape index (κ3) is 8.08. The molecule has 1 heterocycles. The number of hydrogen-bond acceptors (Lipinski definition) is 4. The fourth-order valence-electron chi connectivity index (χ4n) is 2.25. The second kappa shape index (κ2) is 11.7. The molecule has 0 aliphatic rings. The second-order valence-electron chi connectivity index (χ2n) is 5.56. The standard InChI is InChI=1S/C17H23F2N5O2.HI/c1-3-20-17(21-8-12-9-23-24(2)11-12)22-10-15(25)13-4-6-14(7-5-13)26-16(18)19;/h4-7,9,11,15-16,25H,3,8,10H2,1-2H3,(H2,20,21,22);1H. The van der Waals surface area contributed by atoms with Crippen LogP contribution in [0.5, 0.6) is 5.75 Å². The summed E-state index contributed by atoms with van der Waals surface area (Å²) in [6.07, 6.45) is 2.80. The molecule has 0 fully saturated rings. The van der Waals surface area contributed by atoms with Crippen LogP contribution in [0.4, 0.5) is 8.78 Å². The summed E-state index contributed by atoms with van der Waals surface area (Å²) in [6.45, 7) is 0.423. The molecular weight excluding hydrogens is 471 g/mol. The zero-order valence-corrected chi connectivity index (χ0v) is 17.4. The Morgan fingerprint density at radius 1 is 1.30 bits per heavy atom. The number of aliphatic imine (C=N–C) groups is 1. The lowest BCUT2D eigenvalue weighted by atomic mass is 10.1. The average molecular weight is 495 g/mol. The molecule has 2 aromatic rings. The number of nitrogens with zero attached hydrogens (tertiary/aromatic N) is 3. The number of halogens is 3. The van der Waals surface area contributed by atoms with Crippen molar-refractivity contribution in [1.29, 1.82) is 0 Å². The quantitative estimate of drug-likeness (QED) is 0.298. The maximum atomic E-state index is 12.2. The number of ether oxygens (including phenoxy) is 1. The minimum Gasteiger partial charge on any atom is -0.435 e. The van der Waals surface area contributed by atoms with E-state index in [2.05, 4.69) is 25.5 Å². The Morgan fingerprint density at radius 3 is 2.56 bits per heavy atom. The fourth-order valence-corrected chi connectivity index (χ4v) is 2.25. The van der Waals surface area contributed by atoms with Crippen molar-refractivity contribution in [3.63, 3.8) is 0 Å². The highest BCUT2D eigenvalue weighted by Crippen LogP contribution is 2.18. The van der Waals surface area contributed by atoms with Gasteiger partial charge in [-0.1, -0.05) is 12.1 Å². The van der Waals surface area contributed by atoms with Gasteiger partial charge in [0.2, 0.25) is 0 Å². The fraction of sp³-hybridized carbons (Fsp3) is 0.412. The summed E-state index contributed by atoms with van der Waals surface area (Å²) in [7, 11) is 1.84. The summed E-state index contributed by atoms with van der Waals surface area (Å²) in [5.74, 6) is 0.614. The number of hydrogen-bond donors (Lipinski definition) is 3. The lowest BCUT2D eigenvalue weighted by molar-refractivity contribution is -0.0498. The number of guanidine groups is 1. The number of benzene rings is 1. The first kappa shape index (κ1) is 23.1. The van der Waals surface area contributed by atoms with Crippen molar-refractivity contribution in [3.05, 3.63) is 47.8 Å². The monoisotopic (exact) mass is 495 g/mol. The number of rotatable bonds is 8. The maximum absolute atomic E-state index is 12.2. The minimum absolute atomic E-state index is 0. The number of alkyl halides is 2. The normalized spacial score (nSPS) is 12.4. The average Bonchev–Trinajstić information content (AvgIpc) is 3.02. The molecule has 2 rings (SSSR count). The summed E-state index contributed by atoms with van der Waals surface area (Å²) in [6, 6.07) is 5.88. The summed E-state index contributed by atoms with van der Waals surface area (Å²) in [5, 5.41) is 20.5. The highest BCUT2D eigenvalue weighted by Gasteiger charge is 2.10. The number of aryl methyl sites for hydroxylation is 1. The highest BCUT2D eigenvalue weighted by molar-refractivity contribution is 14.0. The van der Waals surface area contributed by atoms with Crippen LogP contribution < -0.4 is 15.4 Å². The molecule has 0 saturated heterocycles. The predicted octanol–water partition coefficient (Wildman–Crippen LogP) is 2.43. The van der Waals surface area contributed by atoms with Gasteiger partial charge in [0, 0.05) is 31.9 Å². The van der Waals surface area contributed by atoms with Gasteiger partial charge in [0.15, 0.2) is 5.96 Å². The van der Waals surface area contributed by atoms with E-state index in [0.717, 1.165) is 5.56 Å². The van der Waals surface area contributed by atoms with Gasteiger partial charge in [0.1, 0.15) is 5.75 Å². The summed E-state index contributed by atoms with van der Waals surface area (Å²) < 4.78 is 30.3. The van der Waals surface area contributed by atoms with E-state index in [4.69, 9.17) is 0 Å². The number of aromatic nitrogens is 2. The molecule has 1 unspecified atom stereocenters. The molecule has 0 amide bonds. The van der Waals surface area contributed by atoms with Crippen molar-refractivity contribution < 1.29 is 18.6 Å². The van der Waals surface area contributed by atoms with Crippen molar-refractivity contribution in [2.24, 2.45) is 12.0 Å². The van der Waals surface area contributed by atoms with Crippen LogP contribution in [0.2, 0.25) is 0 Å². The van der Waals surface area contributed by atoms with E-state index in [1.807, 2.05) is 20.2 Å². The first-order valence-corrected chi connectivity index (χ1v) is 8.20. The van der Waals surface area contributed by atoms with E-state index in [9.17, 15) is 13.9 Å². The molecule has 0 saturated carbocycles. The van der Waals surface area contributed by atoms with E-state index in [1.54, 1.807) is 23.0 Å². The van der Waals surface area contributed by atoms with Crippen molar-refractivity contribution in [1.82, 2.24) is 20.4 Å². The lowest BCUT2D eigenvalue weighted by Crippen LogP contribution is -2.39. The van der Waals surface area contributed by atoms with E-state index >= 15 is 0 Å². The van der Waals surface area contributed by atoms with Gasteiger partial charge in [0.05, 0.1) is 18.8 Å². The van der Waals surface area contributed by atoms with Crippen molar-refractivity contribution in [2.45, 2.75) is 26.2 Å². The van der Waals surface area contributed by atoms with Crippen molar-refractivity contribution in [2.75, 3.05) is 13.1 Å². The number of aliphatic hydroxyl groups is 1. The van der Waals surface area contributed by atoms with Gasteiger partial charge >= 0.3 is 6.61 Å². The molecule has 1 aromatic heterocycles. The smallest absolute Gasteiger partial charge is 0.387 e. The topological polar surface area (TPSA) is 83.7 Å². The predicted molar refractivity (Wildman–Crippen MR) is 109 cm³/mol. The van der Waals surface area contributed by atoms with Gasteiger partial charge in [-0.05, 0) is 24.6 Å². The molecule has 0 aliphatic heterocycles. The van der Waals surface area contributed by atoms with Gasteiger partial charge in [0.25, 0.3) is 0 Å². The molecule has 3 N–H and O–H groups in total. The summed E-state index contributed by atoms with van der Waals surface area (Å²) in [4.78, 5) is 4.44. The summed E-state index contributed by atoms with van der Waals surface area (Å²) >= 11 is 0. The van der Waals surface area contributed by atoms with Gasteiger partial charge in [-0.25, -0.2) is 4.99 Å². The third-order valence-corrected chi connectivity index (χ3v) is 3.48. The lowest BCUT2D eigenvalue weighted by Gasteiger charge is -2.16. The van der Waals surface area contributed by atoms with Gasteiger partial charge in [-0.15, -0.1) is 24.0 Å². The van der Waals surface area contributed by atoms with E-state index < -0.39 is 12.7 Å². The summed E-state index contributed by atoms with van der Waals surface area (Å²) in [5.41, 5.74) is 1.56. The maximum Gasteiger partial charge on any atom is 0.387 e. The molecule has 0 radical (unpaired) electrons. The zero-order valence-electron chi connectivity index (χ0n) is 15.1. The van der Waals surface area contributed by atoms with Gasteiger partial charge < -0.3 is 20.5 Å². The van der Waals surface area contributed by atoms with Gasteiger partial charge in [-0.2, -0.15) is 13.9 Å².